The number of rotatable bonds is 6. The zero-order chi connectivity index (χ0) is 16.8. The van der Waals surface area contributed by atoms with Crippen LogP contribution in [0.1, 0.15) is 23.2 Å². The summed E-state index contributed by atoms with van der Waals surface area (Å²) in [5.74, 6) is 0.662. The van der Waals surface area contributed by atoms with Crippen LogP contribution in [0.15, 0.2) is 59.3 Å². The first-order valence-corrected chi connectivity index (χ1v) is 7.53. The van der Waals surface area contributed by atoms with Crippen LogP contribution in [0.3, 0.4) is 0 Å². The van der Waals surface area contributed by atoms with Crippen molar-refractivity contribution in [2.24, 2.45) is 0 Å². The first-order valence-electron chi connectivity index (χ1n) is 7.53. The number of aromatic nitrogens is 2. The Hall–Kier alpha value is -3.15. The monoisotopic (exact) mass is 324 g/mol. The third kappa shape index (κ3) is 3.60. The molecule has 0 saturated carbocycles. The maximum absolute atomic E-state index is 12.2. The number of hydrogen-bond acceptors (Lipinski definition) is 6. The molecule has 3 rings (SSSR count). The smallest absolute Gasteiger partial charge is 0.344 e. The summed E-state index contributed by atoms with van der Waals surface area (Å²) in [5.41, 5.74) is 1.18. The standard InChI is InChI=1S/C18H16N2O4/c1-2-22-17-14(9-6-10-19-17)18(21)23-12-16-20-11-15(24-16)13-7-4-3-5-8-13/h3-11H,2,12H2,1H3. The lowest BCUT2D eigenvalue weighted by Crippen LogP contribution is -2.09. The SMILES string of the molecule is CCOc1ncccc1C(=O)OCc1ncc(-c2ccccc2)o1. The minimum absolute atomic E-state index is 0.0634. The van der Waals surface area contributed by atoms with Crippen molar-refractivity contribution in [3.63, 3.8) is 0 Å². The highest BCUT2D eigenvalue weighted by Gasteiger charge is 2.16. The van der Waals surface area contributed by atoms with Gasteiger partial charge in [0, 0.05) is 11.8 Å². The fourth-order valence-corrected chi connectivity index (χ4v) is 2.12. The molecule has 0 saturated heterocycles. The van der Waals surface area contributed by atoms with Crippen molar-refractivity contribution in [2.75, 3.05) is 6.61 Å². The Morgan fingerprint density at radius 1 is 1.12 bits per heavy atom. The first kappa shape index (κ1) is 15.7. The molecule has 2 aromatic heterocycles. The molecule has 1 aromatic carbocycles. The molecule has 0 aliphatic rings. The van der Waals surface area contributed by atoms with Gasteiger partial charge in [-0.25, -0.2) is 14.8 Å². The van der Waals surface area contributed by atoms with E-state index in [1.807, 2.05) is 37.3 Å². The van der Waals surface area contributed by atoms with Crippen LogP contribution < -0.4 is 4.74 Å². The summed E-state index contributed by atoms with van der Waals surface area (Å²) in [6.45, 7) is 2.17. The van der Waals surface area contributed by atoms with Crippen LogP contribution in [0.4, 0.5) is 0 Å². The summed E-state index contributed by atoms with van der Waals surface area (Å²) >= 11 is 0. The molecule has 0 spiro atoms. The molecule has 0 bridgehead atoms. The van der Waals surface area contributed by atoms with Crippen LogP contribution in [0.5, 0.6) is 5.88 Å². The van der Waals surface area contributed by atoms with Gasteiger partial charge in [0.2, 0.25) is 11.8 Å². The number of nitrogens with zero attached hydrogens (tertiary/aromatic N) is 2. The van der Waals surface area contributed by atoms with E-state index in [0.717, 1.165) is 5.56 Å². The minimum Gasteiger partial charge on any atom is -0.477 e. The Bertz CT molecular complexity index is 815. The molecular weight excluding hydrogens is 308 g/mol. The second-order valence-corrected chi connectivity index (χ2v) is 4.85. The van der Waals surface area contributed by atoms with E-state index < -0.39 is 5.97 Å². The van der Waals surface area contributed by atoms with Gasteiger partial charge in [0.05, 0.1) is 12.8 Å². The van der Waals surface area contributed by atoms with Crippen LogP contribution in [0.2, 0.25) is 0 Å². The van der Waals surface area contributed by atoms with E-state index in [2.05, 4.69) is 9.97 Å². The molecule has 122 valence electrons. The van der Waals surface area contributed by atoms with Gasteiger partial charge in [0.25, 0.3) is 0 Å². The second-order valence-electron chi connectivity index (χ2n) is 4.85. The molecule has 0 fully saturated rings. The van der Waals surface area contributed by atoms with Gasteiger partial charge in [-0.2, -0.15) is 0 Å². The van der Waals surface area contributed by atoms with Gasteiger partial charge in [-0.15, -0.1) is 0 Å². The molecular formula is C18H16N2O4. The predicted octanol–water partition coefficient (Wildman–Crippen LogP) is 3.49. The lowest BCUT2D eigenvalue weighted by atomic mass is 10.2. The zero-order valence-corrected chi connectivity index (χ0v) is 13.1. The van der Waals surface area contributed by atoms with Crippen LogP contribution in [0, 0.1) is 0 Å². The van der Waals surface area contributed by atoms with Crippen molar-refractivity contribution in [1.82, 2.24) is 9.97 Å². The van der Waals surface area contributed by atoms with Gasteiger partial charge in [0.15, 0.2) is 12.4 Å². The van der Waals surface area contributed by atoms with Gasteiger partial charge in [0.1, 0.15) is 5.56 Å². The van der Waals surface area contributed by atoms with Crippen molar-refractivity contribution in [1.29, 1.82) is 0 Å². The van der Waals surface area contributed by atoms with Crippen molar-refractivity contribution >= 4 is 5.97 Å². The number of ether oxygens (including phenoxy) is 2. The van der Waals surface area contributed by atoms with E-state index in [1.165, 1.54) is 0 Å². The molecule has 6 heteroatoms. The molecule has 3 aromatic rings. The number of pyridine rings is 1. The van der Waals surface area contributed by atoms with E-state index >= 15 is 0 Å². The van der Waals surface area contributed by atoms with Crippen LogP contribution in [-0.4, -0.2) is 22.5 Å². The third-order valence-corrected chi connectivity index (χ3v) is 3.21. The Labute approximate surface area is 139 Å². The number of hydrogen-bond donors (Lipinski definition) is 0. The molecule has 0 aliphatic carbocycles. The highest BCUT2D eigenvalue weighted by atomic mass is 16.5. The molecule has 0 unspecified atom stereocenters. The van der Waals surface area contributed by atoms with E-state index in [4.69, 9.17) is 13.9 Å². The van der Waals surface area contributed by atoms with Gasteiger partial charge in [-0.3, -0.25) is 0 Å². The van der Waals surface area contributed by atoms with Gasteiger partial charge in [-0.1, -0.05) is 30.3 Å². The van der Waals surface area contributed by atoms with Crippen molar-refractivity contribution in [3.05, 3.63) is 66.3 Å². The highest BCUT2D eigenvalue weighted by Crippen LogP contribution is 2.21. The molecule has 2 heterocycles. The second kappa shape index (κ2) is 7.41. The fourth-order valence-electron chi connectivity index (χ4n) is 2.12. The minimum atomic E-state index is -0.536. The Balaban J connectivity index is 1.66. The molecule has 0 aliphatic heterocycles. The largest absolute Gasteiger partial charge is 0.477 e. The quantitative estimate of drug-likeness (QED) is 0.646. The summed E-state index contributed by atoms with van der Waals surface area (Å²) in [4.78, 5) is 20.3. The number of esters is 1. The zero-order valence-electron chi connectivity index (χ0n) is 13.1. The third-order valence-electron chi connectivity index (χ3n) is 3.21. The summed E-state index contributed by atoms with van der Waals surface area (Å²) < 4.78 is 16.2. The van der Waals surface area contributed by atoms with Crippen molar-refractivity contribution in [3.8, 4) is 17.2 Å². The number of carbonyl (C=O) groups excluding carboxylic acids is 1. The van der Waals surface area contributed by atoms with E-state index in [-0.39, 0.29) is 18.1 Å². The summed E-state index contributed by atoms with van der Waals surface area (Å²) in [5, 5.41) is 0. The lowest BCUT2D eigenvalue weighted by Gasteiger charge is -2.07. The Kier molecular flexibility index (Phi) is 4.86. The number of oxazole rings is 1. The van der Waals surface area contributed by atoms with E-state index in [9.17, 15) is 4.79 Å². The van der Waals surface area contributed by atoms with Crippen LogP contribution in [0.25, 0.3) is 11.3 Å². The van der Waals surface area contributed by atoms with Gasteiger partial charge < -0.3 is 13.9 Å². The number of carbonyl (C=O) groups is 1. The van der Waals surface area contributed by atoms with Crippen LogP contribution in [-0.2, 0) is 11.3 Å². The van der Waals surface area contributed by atoms with Gasteiger partial charge in [-0.05, 0) is 19.1 Å². The van der Waals surface area contributed by atoms with Crippen LogP contribution >= 0.6 is 0 Å². The predicted molar refractivity (Wildman–Crippen MR) is 86.5 cm³/mol. The van der Waals surface area contributed by atoms with Crippen molar-refractivity contribution < 1.29 is 18.7 Å². The summed E-state index contributed by atoms with van der Waals surface area (Å²) in [6.07, 6.45) is 3.16. The molecule has 24 heavy (non-hydrogen) atoms. The van der Waals surface area contributed by atoms with E-state index in [1.54, 1.807) is 24.5 Å². The fraction of sp³-hybridized carbons (Fsp3) is 0.167. The molecule has 0 N–H and O–H groups in total. The number of benzene rings is 1. The summed E-state index contributed by atoms with van der Waals surface area (Å²) in [7, 11) is 0. The average molecular weight is 324 g/mol. The lowest BCUT2D eigenvalue weighted by molar-refractivity contribution is 0.0433. The highest BCUT2D eigenvalue weighted by molar-refractivity contribution is 5.91. The topological polar surface area (TPSA) is 74.5 Å². The van der Waals surface area contributed by atoms with Gasteiger partial charge >= 0.3 is 5.97 Å². The molecule has 6 nitrogen and oxygen atoms in total. The maximum Gasteiger partial charge on any atom is 0.344 e. The Morgan fingerprint density at radius 3 is 2.75 bits per heavy atom. The molecule has 0 radical (unpaired) electrons. The van der Waals surface area contributed by atoms with Crippen molar-refractivity contribution in [2.45, 2.75) is 13.5 Å². The summed E-state index contributed by atoms with van der Waals surface area (Å²) in [6, 6.07) is 12.8. The maximum atomic E-state index is 12.2. The first-order chi connectivity index (χ1) is 11.8. The average Bonchev–Trinajstić information content (AvgIpc) is 3.10. The van der Waals surface area contributed by atoms with E-state index in [0.29, 0.717) is 18.3 Å². The Morgan fingerprint density at radius 2 is 1.96 bits per heavy atom. The molecule has 0 atom stereocenters. The molecule has 0 amide bonds. The normalized spacial score (nSPS) is 10.4.